The highest BCUT2D eigenvalue weighted by Crippen LogP contribution is 2.21. The molecule has 0 unspecified atom stereocenters. The number of hydrogen-bond donors (Lipinski definition) is 2. The van der Waals surface area contributed by atoms with E-state index in [1.165, 1.54) is 4.31 Å². The van der Waals surface area contributed by atoms with Gasteiger partial charge in [0.2, 0.25) is 10.0 Å². The molecular formula is C24H24N4O4S2. The summed E-state index contributed by atoms with van der Waals surface area (Å²) in [6, 6.07) is 23.5. The number of ether oxygens (including phenoxy) is 2. The first-order valence-corrected chi connectivity index (χ1v) is 12.5. The van der Waals surface area contributed by atoms with E-state index in [9.17, 15) is 8.42 Å². The zero-order valence-electron chi connectivity index (χ0n) is 18.3. The second-order valence-corrected chi connectivity index (χ2v) is 9.70. The van der Waals surface area contributed by atoms with Gasteiger partial charge in [0.15, 0.2) is 5.11 Å². The molecule has 1 heterocycles. The molecule has 0 spiro atoms. The van der Waals surface area contributed by atoms with E-state index >= 15 is 0 Å². The topological polar surface area (TPSA) is 92.3 Å². The van der Waals surface area contributed by atoms with Crippen LogP contribution in [-0.4, -0.2) is 50.4 Å². The van der Waals surface area contributed by atoms with Crippen LogP contribution in [0, 0.1) is 0 Å². The Morgan fingerprint density at radius 2 is 1.59 bits per heavy atom. The highest BCUT2D eigenvalue weighted by molar-refractivity contribution is 7.89. The lowest BCUT2D eigenvalue weighted by Gasteiger charge is -2.26. The minimum atomic E-state index is -3.53. The lowest BCUT2D eigenvalue weighted by Crippen LogP contribution is -2.40. The van der Waals surface area contributed by atoms with Gasteiger partial charge in [0.25, 0.3) is 0 Å². The standard InChI is InChI=1S/C24H24N4O4S2/c29-34(30,28-14-16-31-17-15-28)23-12-8-20(9-13-23)26-24(33)27-25-18-19-6-10-22(11-7-19)32-21-4-2-1-3-5-21/h1-13,18H,14-17H2,(H2,26,27,33)/b25-18-. The number of nitrogens with one attached hydrogen (secondary N) is 2. The van der Waals surface area contributed by atoms with Crippen LogP contribution in [0.1, 0.15) is 5.56 Å². The predicted octanol–water partition coefficient (Wildman–Crippen LogP) is 3.82. The van der Waals surface area contributed by atoms with Crippen molar-refractivity contribution in [1.82, 2.24) is 9.73 Å². The normalized spacial score (nSPS) is 14.6. The molecule has 10 heteroatoms. The molecule has 0 bridgehead atoms. The summed E-state index contributed by atoms with van der Waals surface area (Å²) in [5, 5.41) is 7.40. The van der Waals surface area contributed by atoms with E-state index in [2.05, 4.69) is 15.8 Å². The van der Waals surface area contributed by atoms with Crippen LogP contribution in [0.3, 0.4) is 0 Å². The Morgan fingerprint density at radius 1 is 0.941 bits per heavy atom. The van der Waals surface area contributed by atoms with Crippen LogP contribution in [0.15, 0.2) is 88.9 Å². The first-order valence-electron chi connectivity index (χ1n) is 10.6. The minimum Gasteiger partial charge on any atom is -0.457 e. The monoisotopic (exact) mass is 496 g/mol. The zero-order chi connectivity index (χ0) is 23.8. The fourth-order valence-electron chi connectivity index (χ4n) is 3.22. The summed E-state index contributed by atoms with van der Waals surface area (Å²) in [7, 11) is -3.53. The van der Waals surface area contributed by atoms with Crippen LogP contribution >= 0.6 is 12.2 Å². The Labute approximate surface area is 204 Å². The van der Waals surface area contributed by atoms with E-state index in [-0.39, 0.29) is 10.0 Å². The minimum absolute atomic E-state index is 0.233. The molecular weight excluding hydrogens is 472 g/mol. The Bertz CT molecular complexity index is 1230. The SMILES string of the molecule is O=S(=O)(c1ccc(NC(=S)N/N=C\c2ccc(Oc3ccccc3)cc2)cc1)N1CCOCC1. The average molecular weight is 497 g/mol. The van der Waals surface area contributed by atoms with E-state index < -0.39 is 10.0 Å². The third-order valence-corrected chi connectivity index (χ3v) is 7.06. The number of anilines is 1. The number of rotatable bonds is 7. The molecule has 0 aromatic heterocycles. The molecule has 0 radical (unpaired) electrons. The van der Waals surface area contributed by atoms with Gasteiger partial charge in [-0.25, -0.2) is 8.42 Å². The van der Waals surface area contributed by atoms with Gasteiger partial charge in [0, 0.05) is 18.8 Å². The molecule has 1 aliphatic heterocycles. The first kappa shape index (κ1) is 23.8. The molecule has 2 N–H and O–H groups in total. The Balaban J connectivity index is 1.27. The average Bonchev–Trinajstić information content (AvgIpc) is 2.87. The fraction of sp³-hybridized carbons (Fsp3) is 0.167. The number of nitrogens with zero attached hydrogens (tertiary/aromatic N) is 2. The molecule has 1 aliphatic rings. The largest absolute Gasteiger partial charge is 0.457 e. The number of para-hydroxylation sites is 1. The lowest BCUT2D eigenvalue weighted by molar-refractivity contribution is 0.0730. The molecule has 34 heavy (non-hydrogen) atoms. The summed E-state index contributed by atoms with van der Waals surface area (Å²) in [5.41, 5.74) is 4.27. The Morgan fingerprint density at radius 3 is 2.26 bits per heavy atom. The van der Waals surface area contributed by atoms with Crippen LogP contribution in [0.25, 0.3) is 0 Å². The zero-order valence-corrected chi connectivity index (χ0v) is 19.9. The summed E-state index contributed by atoms with van der Waals surface area (Å²) in [4.78, 5) is 0.233. The van der Waals surface area contributed by atoms with Crippen molar-refractivity contribution in [3.63, 3.8) is 0 Å². The molecule has 1 fully saturated rings. The van der Waals surface area contributed by atoms with Gasteiger partial charge >= 0.3 is 0 Å². The first-order chi connectivity index (χ1) is 16.5. The summed E-state index contributed by atoms with van der Waals surface area (Å²) in [6.07, 6.45) is 1.64. The molecule has 0 aliphatic carbocycles. The maximum atomic E-state index is 12.7. The smallest absolute Gasteiger partial charge is 0.243 e. The van der Waals surface area contributed by atoms with E-state index in [1.807, 2.05) is 54.6 Å². The van der Waals surface area contributed by atoms with Gasteiger partial charge in [-0.15, -0.1) is 0 Å². The number of hydrogen-bond acceptors (Lipinski definition) is 6. The maximum Gasteiger partial charge on any atom is 0.243 e. The Kier molecular flexibility index (Phi) is 7.86. The number of thiocarbonyl (C=S) groups is 1. The molecule has 8 nitrogen and oxygen atoms in total. The van der Waals surface area contributed by atoms with Crippen molar-refractivity contribution < 1.29 is 17.9 Å². The van der Waals surface area contributed by atoms with Gasteiger partial charge in [-0.2, -0.15) is 9.41 Å². The Hall–Kier alpha value is -3.31. The van der Waals surface area contributed by atoms with Gasteiger partial charge in [-0.3, -0.25) is 5.43 Å². The van der Waals surface area contributed by atoms with Crippen LogP contribution in [-0.2, 0) is 14.8 Å². The molecule has 3 aromatic carbocycles. The molecule has 1 saturated heterocycles. The molecule has 0 atom stereocenters. The summed E-state index contributed by atoms with van der Waals surface area (Å²) >= 11 is 5.26. The summed E-state index contributed by atoms with van der Waals surface area (Å²) < 4.78 is 37.8. The van der Waals surface area contributed by atoms with Crippen LogP contribution in [0.4, 0.5) is 5.69 Å². The van der Waals surface area contributed by atoms with Crippen molar-refractivity contribution >= 4 is 39.3 Å². The van der Waals surface area contributed by atoms with E-state index in [0.29, 0.717) is 32.0 Å². The molecule has 3 aromatic rings. The second kappa shape index (κ2) is 11.2. The third kappa shape index (κ3) is 6.39. The van der Waals surface area contributed by atoms with E-state index in [4.69, 9.17) is 21.7 Å². The highest BCUT2D eigenvalue weighted by Gasteiger charge is 2.26. The van der Waals surface area contributed by atoms with Crippen molar-refractivity contribution in [3.8, 4) is 11.5 Å². The molecule has 0 amide bonds. The van der Waals surface area contributed by atoms with Gasteiger partial charge < -0.3 is 14.8 Å². The maximum absolute atomic E-state index is 12.7. The number of benzene rings is 3. The second-order valence-electron chi connectivity index (χ2n) is 7.35. The summed E-state index contributed by atoms with van der Waals surface area (Å²) in [5.74, 6) is 1.50. The van der Waals surface area contributed by atoms with Gasteiger partial charge in [0.05, 0.1) is 24.3 Å². The summed E-state index contributed by atoms with van der Waals surface area (Å²) in [6.45, 7) is 1.53. The van der Waals surface area contributed by atoms with Crippen molar-refractivity contribution in [2.24, 2.45) is 5.10 Å². The highest BCUT2D eigenvalue weighted by atomic mass is 32.2. The van der Waals surface area contributed by atoms with Crippen LogP contribution in [0.2, 0.25) is 0 Å². The van der Waals surface area contributed by atoms with E-state index in [1.54, 1.807) is 30.5 Å². The molecule has 4 rings (SSSR count). The number of morpholine rings is 1. The third-order valence-electron chi connectivity index (χ3n) is 4.96. The number of hydrazone groups is 1. The fourth-order valence-corrected chi connectivity index (χ4v) is 4.80. The lowest BCUT2D eigenvalue weighted by atomic mass is 10.2. The van der Waals surface area contributed by atoms with Crippen molar-refractivity contribution in [2.75, 3.05) is 31.6 Å². The predicted molar refractivity (Wildman–Crippen MR) is 136 cm³/mol. The van der Waals surface area contributed by atoms with Crippen LogP contribution in [0.5, 0.6) is 11.5 Å². The van der Waals surface area contributed by atoms with E-state index in [0.717, 1.165) is 17.1 Å². The number of sulfonamides is 1. The molecule has 176 valence electrons. The van der Waals surface area contributed by atoms with Crippen molar-refractivity contribution in [3.05, 3.63) is 84.4 Å². The van der Waals surface area contributed by atoms with Crippen molar-refractivity contribution in [2.45, 2.75) is 4.90 Å². The molecule has 0 saturated carbocycles. The quantitative estimate of drug-likeness (QED) is 0.292. The van der Waals surface area contributed by atoms with Gasteiger partial charge in [-0.1, -0.05) is 18.2 Å². The van der Waals surface area contributed by atoms with Crippen LogP contribution < -0.4 is 15.5 Å². The van der Waals surface area contributed by atoms with Gasteiger partial charge in [-0.05, 0) is 78.4 Å². The van der Waals surface area contributed by atoms with Crippen molar-refractivity contribution in [1.29, 1.82) is 0 Å². The van der Waals surface area contributed by atoms with Gasteiger partial charge in [0.1, 0.15) is 11.5 Å².